The molecule has 3 N–H and O–H groups in total. The SMILES string of the molecule is CCCCCCc1ccc(C=CC(=O)c2cccc3c2OC(N)(c2nn[nH]n2)CO3)cc1. The topological polar surface area (TPSA) is 116 Å². The number of nitrogens with zero attached hydrogens (tertiary/aromatic N) is 3. The molecule has 1 atom stereocenters. The van der Waals surface area contributed by atoms with Crippen LogP contribution in [0.25, 0.3) is 6.08 Å². The number of hydrogen-bond acceptors (Lipinski definition) is 7. The molecule has 1 aliphatic heterocycles. The molecule has 0 bridgehead atoms. The largest absolute Gasteiger partial charge is 0.483 e. The first-order chi connectivity index (χ1) is 15.6. The van der Waals surface area contributed by atoms with Gasteiger partial charge in [0.1, 0.15) is 6.61 Å². The highest BCUT2D eigenvalue weighted by Crippen LogP contribution is 2.39. The van der Waals surface area contributed by atoms with Crippen molar-refractivity contribution in [3.63, 3.8) is 0 Å². The fourth-order valence-corrected chi connectivity index (χ4v) is 3.59. The number of fused-ring (bicyclic) bond motifs is 1. The number of H-pyrrole nitrogens is 1. The second-order valence-corrected chi connectivity index (χ2v) is 7.90. The van der Waals surface area contributed by atoms with E-state index >= 15 is 0 Å². The van der Waals surface area contributed by atoms with Crippen molar-refractivity contribution in [1.82, 2.24) is 20.6 Å². The normalized spacial score (nSPS) is 17.6. The van der Waals surface area contributed by atoms with Crippen molar-refractivity contribution in [3.05, 3.63) is 71.1 Å². The number of nitrogens with two attached hydrogens (primary N) is 1. The van der Waals surface area contributed by atoms with Crippen LogP contribution in [-0.4, -0.2) is 33.0 Å². The minimum absolute atomic E-state index is 0.00217. The number of aromatic amines is 1. The number of nitrogens with one attached hydrogen (secondary N) is 1. The Kier molecular flexibility index (Phi) is 6.61. The van der Waals surface area contributed by atoms with Crippen LogP contribution in [0.1, 0.15) is 59.9 Å². The molecule has 2 heterocycles. The Balaban J connectivity index is 1.46. The van der Waals surface area contributed by atoms with Crippen molar-refractivity contribution in [1.29, 1.82) is 0 Å². The van der Waals surface area contributed by atoms with Gasteiger partial charge in [-0.3, -0.25) is 10.5 Å². The fourth-order valence-electron chi connectivity index (χ4n) is 3.59. The van der Waals surface area contributed by atoms with Gasteiger partial charge in [-0.15, -0.1) is 10.2 Å². The summed E-state index contributed by atoms with van der Waals surface area (Å²) in [5, 5.41) is 13.7. The van der Waals surface area contributed by atoms with E-state index in [1.54, 1.807) is 24.3 Å². The highest BCUT2D eigenvalue weighted by Gasteiger charge is 2.41. The number of ketones is 1. The maximum absolute atomic E-state index is 12.9. The summed E-state index contributed by atoms with van der Waals surface area (Å²) < 4.78 is 11.7. The van der Waals surface area contributed by atoms with Gasteiger partial charge >= 0.3 is 0 Å². The first-order valence-corrected chi connectivity index (χ1v) is 10.9. The number of carbonyl (C=O) groups is 1. The summed E-state index contributed by atoms with van der Waals surface area (Å²) in [5.74, 6) is 0.645. The zero-order valence-corrected chi connectivity index (χ0v) is 18.1. The van der Waals surface area contributed by atoms with Crippen LogP contribution in [-0.2, 0) is 12.1 Å². The summed E-state index contributed by atoms with van der Waals surface area (Å²) in [5.41, 5.74) is 7.46. The zero-order chi connectivity index (χ0) is 22.4. The Hall–Kier alpha value is -3.52. The van der Waals surface area contributed by atoms with Gasteiger partial charge in [-0.1, -0.05) is 62.6 Å². The molecule has 2 aromatic carbocycles. The van der Waals surface area contributed by atoms with Gasteiger partial charge in [0.15, 0.2) is 17.3 Å². The van der Waals surface area contributed by atoms with Crippen LogP contribution < -0.4 is 15.2 Å². The van der Waals surface area contributed by atoms with Gasteiger partial charge in [0.2, 0.25) is 5.82 Å². The van der Waals surface area contributed by atoms with E-state index in [-0.39, 0.29) is 24.0 Å². The van der Waals surface area contributed by atoms with Gasteiger partial charge in [-0.05, 0) is 47.4 Å². The Morgan fingerprint density at radius 1 is 1.19 bits per heavy atom. The number of benzene rings is 2. The molecule has 8 nitrogen and oxygen atoms in total. The fraction of sp³-hybridized carbons (Fsp3) is 0.333. The predicted octanol–water partition coefficient (Wildman–Crippen LogP) is 3.80. The number of hydrogen-bond donors (Lipinski definition) is 2. The zero-order valence-electron chi connectivity index (χ0n) is 18.1. The highest BCUT2D eigenvalue weighted by atomic mass is 16.6. The molecule has 32 heavy (non-hydrogen) atoms. The minimum atomic E-state index is -1.44. The van der Waals surface area contributed by atoms with Crippen molar-refractivity contribution >= 4 is 11.9 Å². The maximum Gasteiger partial charge on any atom is 0.257 e. The number of rotatable bonds is 9. The van der Waals surface area contributed by atoms with Crippen LogP contribution in [0.5, 0.6) is 11.5 Å². The number of unbranched alkanes of at least 4 members (excludes halogenated alkanes) is 3. The van der Waals surface area contributed by atoms with E-state index in [0.29, 0.717) is 11.3 Å². The number of para-hydroxylation sites is 1. The van der Waals surface area contributed by atoms with Crippen molar-refractivity contribution in [2.75, 3.05) is 6.61 Å². The van der Waals surface area contributed by atoms with E-state index in [9.17, 15) is 4.79 Å². The van der Waals surface area contributed by atoms with Crippen LogP contribution in [0.2, 0.25) is 0 Å². The smallest absolute Gasteiger partial charge is 0.257 e. The third-order valence-corrected chi connectivity index (χ3v) is 5.42. The van der Waals surface area contributed by atoms with Gasteiger partial charge in [0.25, 0.3) is 5.72 Å². The number of carbonyl (C=O) groups excluding carboxylic acids is 1. The lowest BCUT2D eigenvalue weighted by Gasteiger charge is -2.33. The van der Waals surface area contributed by atoms with Crippen molar-refractivity contribution in [2.24, 2.45) is 5.73 Å². The summed E-state index contributed by atoms with van der Waals surface area (Å²) in [7, 11) is 0. The molecule has 4 rings (SSSR count). The number of aromatic nitrogens is 4. The molecule has 0 aliphatic carbocycles. The lowest BCUT2D eigenvalue weighted by Crippen LogP contribution is -2.51. The summed E-state index contributed by atoms with van der Waals surface area (Å²) in [6, 6.07) is 13.4. The number of aryl methyl sites for hydroxylation is 1. The van der Waals surface area contributed by atoms with Crippen molar-refractivity contribution < 1.29 is 14.3 Å². The average molecular weight is 434 g/mol. The van der Waals surface area contributed by atoms with E-state index in [4.69, 9.17) is 15.2 Å². The van der Waals surface area contributed by atoms with Crippen LogP contribution in [0.15, 0.2) is 48.5 Å². The summed E-state index contributed by atoms with van der Waals surface area (Å²) in [6.07, 6.45) is 9.38. The van der Waals surface area contributed by atoms with Crippen molar-refractivity contribution in [3.8, 4) is 11.5 Å². The number of ether oxygens (including phenoxy) is 2. The Morgan fingerprint density at radius 3 is 2.78 bits per heavy atom. The second kappa shape index (κ2) is 9.74. The highest BCUT2D eigenvalue weighted by molar-refractivity contribution is 6.09. The van der Waals surface area contributed by atoms with E-state index in [0.717, 1.165) is 12.0 Å². The summed E-state index contributed by atoms with van der Waals surface area (Å²) in [4.78, 5) is 12.9. The van der Waals surface area contributed by atoms with Gasteiger partial charge < -0.3 is 9.47 Å². The molecular weight excluding hydrogens is 406 g/mol. The molecule has 1 aromatic heterocycles. The molecule has 1 aliphatic rings. The quantitative estimate of drug-likeness (QED) is 0.299. The summed E-state index contributed by atoms with van der Waals surface area (Å²) in [6.45, 7) is 2.21. The van der Waals surface area contributed by atoms with Crippen molar-refractivity contribution in [2.45, 2.75) is 44.8 Å². The molecule has 0 amide bonds. The van der Waals surface area contributed by atoms with Crippen LogP contribution in [0.4, 0.5) is 0 Å². The van der Waals surface area contributed by atoms with Crippen LogP contribution in [0.3, 0.4) is 0 Å². The monoisotopic (exact) mass is 433 g/mol. The van der Waals surface area contributed by atoms with E-state index in [2.05, 4.69) is 39.7 Å². The standard InChI is InChI=1S/C24H27N5O3/c1-2-3-4-5-7-17-10-12-18(13-11-17)14-15-20(30)19-8-6-9-21-22(19)32-24(25,16-31-21)23-26-28-29-27-23/h6,8-15H,2-5,7,16,25H2,1H3,(H,26,27,28,29). The Labute approximate surface area is 186 Å². The first-order valence-electron chi connectivity index (χ1n) is 10.9. The molecule has 1 unspecified atom stereocenters. The molecule has 166 valence electrons. The van der Waals surface area contributed by atoms with Crippen LogP contribution >= 0.6 is 0 Å². The Morgan fingerprint density at radius 2 is 2.03 bits per heavy atom. The Bertz CT molecular complexity index is 1080. The maximum atomic E-state index is 12.9. The third kappa shape index (κ3) is 4.86. The molecule has 0 saturated carbocycles. The average Bonchev–Trinajstić information content (AvgIpc) is 3.37. The molecule has 0 spiro atoms. The first kappa shape index (κ1) is 21.7. The van der Waals surface area contributed by atoms with E-state index < -0.39 is 5.72 Å². The summed E-state index contributed by atoms with van der Waals surface area (Å²) >= 11 is 0. The predicted molar refractivity (Wildman–Crippen MR) is 120 cm³/mol. The van der Waals surface area contributed by atoms with E-state index in [1.807, 2.05) is 12.1 Å². The third-order valence-electron chi connectivity index (χ3n) is 5.42. The van der Waals surface area contributed by atoms with Gasteiger partial charge in [0.05, 0.1) is 5.56 Å². The lowest BCUT2D eigenvalue weighted by molar-refractivity contribution is -0.0154. The molecule has 3 aromatic rings. The second-order valence-electron chi connectivity index (χ2n) is 7.90. The lowest BCUT2D eigenvalue weighted by atomic mass is 10.0. The van der Waals surface area contributed by atoms with Crippen LogP contribution in [0, 0.1) is 0 Å². The molecular formula is C24H27N5O3. The number of allylic oxidation sites excluding steroid dienone is 1. The van der Waals surface area contributed by atoms with Gasteiger partial charge in [-0.2, -0.15) is 5.21 Å². The molecule has 0 radical (unpaired) electrons. The van der Waals surface area contributed by atoms with E-state index in [1.165, 1.54) is 37.3 Å². The molecule has 0 saturated heterocycles. The van der Waals surface area contributed by atoms with Gasteiger partial charge in [0, 0.05) is 0 Å². The molecule has 8 heteroatoms. The van der Waals surface area contributed by atoms with Gasteiger partial charge in [-0.25, -0.2) is 0 Å². The minimum Gasteiger partial charge on any atom is -0.483 e. The molecule has 0 fully saturated rings. The number of tetrazole rings is 1.